The third-order valence-corrected chi connectivity index (χ3v) is 4.76. The molecule has 0 atom stereocenters. The zero-order valence-electron chi connectivity index (χ0n) is 10.9. The molecular formula is C12H17ClFNO3S. The van der Waals surface area contributed by atoms with E-state index in [0.29, 0.717) is 13.2 Å². The molecule has 0 heterocycles. The maximum absolute atomic E-state index is 13.3. The monoisotopic (exact) mass is 309 g/mol. The third-order valence-electron chi connectivity index (χ3n) is 2.62. The number of nitrogens with zero attached hydrogens (tertiary/aromatic N) is 1. The van der Waals surface area contributed by atoms with E-state index in [1.54, 1.807) is 0 Å². The van der Waals surface area contributed by atoms with Gasteiger partial charge in [0.2, 0.25) is 10.0 Å². The van der Waals surface area contributed by atoms with Gasteiger partial charge in [-0.15, -0.1) is 11.6 Å². The molecular weight excluding hydrogens is 293 g/mol. The van der Waals surface area contributed by atoms with Crippen LogP contribution in [-0.4, -0.2) is 39.5 Å². The first kappa shape index (κ1) is 16.4. The van der Waals surface area contributed by atoms with Crippen LogP contribution < -0.4 is 0 Å². The molecule has 7 heteroatoms. The van der Waals surface area contributed by atoms with Crippen molar-refractivity contribution in [2.24, 2.45) is 0 Å². The molecule has 0 aromatic heterocycles. The van der Waals surface area contributed by atoms with Crippen molar-refractivity contribution in [1.82, 2.24) is 4.31 Å². The Kier molecular flexibility index (Phi) is 6.19. The number of rotatable bonds is 7. The summed E-state index contributed by atoms with van der Waals surface area (Å²) in [6, 6.07) is 3.60. The van der Waals surface area contributed by atoms with Gasteiger partial charge in [-0.3, -0.25) is 0 Å². The Balaban J connectivity index is 2.93. The van der Waals surface area contributed by atoms with Gasteiger partial charge in [-0.2, -0.15) is 4.31 Å². The first-order valence-electron chi connectivity index (χ1n) is 5.82. The van der Waals surface area contributed by atoms with Crippen LogP contribution in [0.3, 0.4) is 0 Å². The summed E-state index contributed by atoms with van der Waals surface area (Å²) in [5.41, 5.74) is 0.168. The molecule has 1 aromatic rings. The van der Waals surface area contributed by atoms with Crippen LogP contribution in [-0.2, 0) is 20.6 Å². The Labute approximate surface area is 118 Å². The van der Waals surface area contributed by atoms with Gasteiger partial charge in [0.05, 0.1) is 17.4 Å². The van der Waals surface area contributed by atoms with Gasteiger partial charge in [0, 0.05) is 25.8 Å². The van der Waals surface area contributed by atoms with Gasteiger partial charge in [0.1, 0.15) is 5.82 Å². The minimum absolute atomic E-state index is 0.0311. The minimum atomic E-state index is -3.64. The van der Waals surface area contributed by atoms with E-state index in [0.717, 1.165) is 6.07 Å². The van der Waals surface area contributed by atoms with Crippen LogP contribution in [0.15, 0.2) is 23.1 Å². The topological polar surface area (TPSA) is 46.6 Å². The summed E-state index contributed by atoms with van der Waals surface area (Å²) in [7, 11) is -2.18. The molecule has 0 saturated carbocycles. The van der Waals surface area contributed by atoms with E-state index in [-0.39, 0.29) is 22.9 Å². The van der Waals surface area contributed by atoms with E-state index in [9.17, 15) is 12.8 Å². The number of ether oxygens (including phenoxy) is 1. The number of hydrogen-bond donors (Lipinski definition) is 0. The highest BCUT2D eigenvalue weighted by molar-refractivity contribution is 7.89. The number of alkyl halides is 1. The molecule has 0 unspecified atom stereocenters. The van der Waals surface area contributed by atoms with Gasteiger partial charge >= 0.3 is 0 Å². The molecule has 4 nitrogen and oxygen atoms in total. The van der Waals surface area contributed by atoms with Crippen LogP contribution in [0.25, 0.3) is 0 Å². The predicted molar refractivity (Wildman–Crippen MR) is 72.3 cm³/mol. The molecule has 0 aliphatic carbocycles. The Morgan fingerprint density at radius 1 is 1.42 bits per heavy atom. The lowest BCUT2D eigenvalue weighted by Crippen LogP contribution is -2.30. The van der Waals surface area contributed by atoms with Gasteiger partial charge < -0.3 is 4.74 Å². The van der Waals surface area contributed by atoms with Crippen molar-refractivity contribution in [3.8, 4) is 0 Å². The van der Waals surface area contributed by atoms with Crippen LogP contribution >= 0.6 is 11.6 Å². The maximum atomic E-state index is 13.3. The maximum Gasteiger partial charge on any atom is 0.242 e. The molecule has 0 amide bonds. The smallest absolute Gasteiger partial charge is 0.242 e. The molecule has 19 heavy (non-hydrogen) atoms. The molecule has 1 aromatic carbocycles. The summed E-state index contributed by atoms with van der Waals surface area (Å²) < 4.78 is 44.0. The molecule has 0 fully saturated rings. The Morgan fingerprint density at radius 3 is 2.68 bits per heavy atom. The fourth-order valence-corrected chi connectivity index (χ4v) is 2.86. The minimum Gasteiger partial charge on any atom is -0.380 e. The zero-order valence-corrected chi connectivity index (χ0v) is 12.5. The second kappa shape index (κ2) is 7.19. The average Bonchev–Trinajstić information content (AvgIpc) is 2.39. The van der Waals surface area contributed by atoms with Gasteiger partial charge in [-0.1, -0.05) is 0 Å². The summed E-state index contributed by atoms with van der Waals surface area (Å²) in [6.45, 7) is 2.92. The molecule has 1 rings (SSSR count). The van der Waals surface area contributed by atoms with Crippen molar-refractivity contribution in [3.63, 3.8) is 0 Å². The van der Waals surface area contributed by atoms with Gasteiger partial charge in [-0.05, 0) is 25.1 Å². The Bertz CT molecular complexity index is 522. The summed E-state index contributed by atoms with van der Waals surface area (Å²) in [4.78, 5) is 0.0311. The highest BCUT2D eigenvalue weighted by Crippen LogP contribution is 2.19. The number of hydrogen-bond acceptors (Lipinski definition) is 3. The number of sulfonamides is 1. The SMILES string of the molecule is CCOCCN(C)S(=O)(=O)c1ccc(F)c(CCl)c1. The average molecular weight is 310 g/mol. The van der Waals surface area contributed by atoms with Gasteiger partial charge in [-0.25, -0.2) is 12.8 Å². The lowest BCUT2D eigenvalue weighted by atomic mass is 10.2. The molecule has 0 aliphatic rings. The Hall–Kier alpha value is -0.690. The van der Waals surface area contributed by atoms with E-state index in [4.69, 9.17) is 16.3 Å². The third kappa shape index (κ3) is 4.14. The first-order valence-corrected chi connectivity index (χ1v) is 7.79. The van der Waals surface area contributed by atoms with Crippen LogP contribution in [0.4, 0.5) is 4.39 Å². The summed E-state index contributed by atoms with van der Waals surface area (Å²) in [6.07, 6.45) is 0. The zero-order chi connectivity index (χ0) is 14.5. The van der Waals surface area contributed by atoms with Crippen LogP contribution in [0.1, 0.15) is 12.5 Å². The van der Waals surface area contributed by atoms with Gasteiger partial charge in [0.25, 0.3) is 0 Å². The highest BCUT2D eigenvalue weighted by atomic mass is 35.5. The molecule has 0 aliphatic heterocycles. The van der Waals surface area contributed by atoms with Crippen molar-refractivity contribution in [2.45, 2.75) is 17.7 Å². The second-order valence-electron chi connectivity index (χ2n) is 3.91. The van der Waals surface area contributed by atoms with E-state index >= 15 is 0 Å². The molecule has 0 bridgehead atoms. The normalized spacial score (nSPS) is 12.1. The lowest BCUT2D eigenvalue weighted by molar-refractivity contribution is 0.138. The van der Waals surface area contributed by atoms with Crippen molar-refractivity contribution >= 4 is 21.6 Å². The summed E-state index contributed by atoms with van der Waals surface area (Å²) in [5.74, 6) is -0.580. The fourth-order valence-electron chi connectivity index (χ4n) is 1.45. The Morgan fingerprint density at radius 2 is 2.11 bits per heavy atom. The van der Waals surface area contributed by atoms with E-state index < -0.39 is 15.8 Å². The second-order valence-corrected chi connectivity index (χ2v) is 6.22. The van der Waals surface area contributed by atoms with Crippen molar-refractivity contribution in [1.29, 1.82) is 0 Å². The van der Waals surface area contributed by atoms with E-state index in [1.165, 1.54) is 23.5 Å². The number of halogens is 2. The standard InChI is InChI=1S/C12H17ClFNO3S/c1-3-18-7-6-15(2)19(16,17)11-4-5-12(14)10(8-11)9-13/h4-5,8H,3,6-7,9H2,1-2H3. The predicted octanol–water partition coefficient (Wildman–Crippen LogP) is 2.22. The first-order chi connectivity index (χ1) is 8.93. The molecule has 0 radical (unpaired) electrons. The van der Waals surface area contributed by atoms with Crippen molar-refractivity contribution < 1.29 is 17.5 Å². The van der Waals surface area contributed by atoms with Crippen LogP contribution in [0.2, 0.25) is 0 Å². The van der Waals surface area contributed by atoms with Crippen molar-refractivity contribution in [3.05, 3.63) is 29.6 Å². The molecule has 0 N–H and O–H groups in total. The highest BCUT2D eigenvalue weighted by Gasteiger charge is 2.21. The lowest BCUT2D eigenvalue weighted by Gasteiger charge is -2.17. The summed E-state index contributed by atoms with van der Waals surface area (Å²) in [5, 5.41) is 0. The summed E-state index contributed by atoms with van der Waals surface area (Å²) >= 11 is 5.57. The number of benzene rings is 1. The quantitative estimate of drug-likeness (QED) is 0.573. The van der Waals surface area contributed by atoms with Crippen LogP contribution in [0, 0.1) is 5.82 Å². The van der Waals surface area contributed by atoms with Crippen molar-refractivity contribution in [2.75, 3.05) is 26.8 Å². The van der Waals surface area contributed by atoms with E-state index in [2.05, 4.69) is 0 Å². The molecule has 0 saturated heterocycles. The van der Waals surface area contributed by atoms with Gasteiger partial charge in [0.15, 0.2) is 0 Å². The van der Waals surface area contributed by atoms with Crippen LogP contribution in [0.5, 0.6) is 0 Å². The van der Waals surface area contributed by atoms with E-state index in [1.807, 2.05) is 6.92 Å². The fraction of sp³-hybridized carbons (Fsp3) is 0.500. The largest absolute Gasteiger partial charge is 0.380 e. The number of likely N-dealkylation sites (N-methyl/N-ethyl adjacent to an activating group) is 1. The molecule has 0 spiro atoms. The molecule has 108 valence electrons.